The molecule has 1 amide bonds. The molecule has 0 aromatic heterocycles. The van der Waals surface area contributed by atoms with Gasteiger partial charge < -0.3 is 10.1 Å². The normalized spacial score (nSPS) is 32.2. The number of hydrogen-bond acceptors (Lipinski definition) is 5. The number of amides is 1. The molecule has 2 saturated heterocycles. The molecule has 2 aliphatic heterocycles. The highest BCUT2D eigenvalue weighted by molar-refractivity contribution is 7.92. The maximum Gasteiger partial charge on any atom is 0.240 e. The topological polar surface area (TPSA) is 87.0 Å². The third kappa shape index (κ3) is 2.97. The molecule has 2 heterocycles. The van der Waals surface area contributed by atoms with E-state index in [2.05, 4.69) is 5.16 Å². The van der Waals surface area contributed by atoms with Gasteiger partial charge in [0.2, 0.25) is 5.91 Å². The molecule has 7 heteroatoms. The fraction of sp³-hybridized carbons (Fsp3) is 0.846. The molecule has 2 rings (SSSR count). The maximum absolute atomic E-state index is 12.5. The van der Waals surface area contributed by atoms with Crippen molar-refractivity contribution in [2.75, 3.05) is 18.8 Å². The second kappa shape index (κ2) is 6.11. The van der Waals surface area contributed by atoms with Crippen molar-refractivity contribution in [1.82, 2.24) is 4.90 Å². The SMILES string of the molecule is CCC1CN(C(=O)C2CCCCS2(=O)=O)CCC1=NO. The number of carbonyl (C=O) groups is 1. The van der Waals surface area contributed by atoms with Crippen molar-refractivity contribution >= 4 is 21.5 Å². The third-order valence-electron chi connectivity index (χ3n) is 4.34. The fourth-order valence-corrected chi connectivity index (χ4v) is 4.92. The van der Waals surface area contributed by atoms with E-state index in [0.717, 1.165) is 12.8 Å². The summed E-state index contributed by atoms with van der Waals surface area (Å²) in [4.78, 5) is 14.1. The standard InChI is InChI=1S/C13H22N2O4S/c1-2-10-9-15(7-6-11(10)14-17)13(16)12-5-3-4-8-20(12,18)19/h10,12,17H,2-9H2,1H3. The van der Waals surface area contributed by atoms with Crippen molar-refractivity contribution in [3.05, 3.63) is 0 Å². The number of rotatable bonds is 2. The van der Waals surface area contributed by atoms with Crippen LogP contribution in [0, 0.1) is 5.92 Å². The molecule has 0 aromatic rings. The summed E-state index contributed by atoms with van der Waals surface area (Å²) in [7, 11) is -3.29. The predicted molar refractivity (Wildman–Crippen MR) is 75.6 cm³/mol. The van der Waals surface area contributed by atoms with Gasteiger partial charge >= 0.3 is 0 Å². The molecule has 0 saturated carbocycles. The van der Waals surface area contributed by atoms with Gasteiger partial charge in [-0.25, -0.2) is 8.42 Å². The summed E-state index contributed by atoms with van der Waals surface area (Å²) in [5.41, 5.74) is 0.711. The van der Waals surface area contributed by atoms with E-state index >= 15 is 0 Å². The summed E-state index contributed by atoms with van der Waals surface area (Å²) < 4.78 is 24.1. The van der Waals surface area contributed by atoms with Gasteiger partial charge in [0, 0.05) is 25.4 Å². The van der Waals surface area contributed by atoms with Crippen LogP contribution in [0.3, 0.4) is 0 Å². The second-order valence-corrected chi connectivity index (χ2v) is 7.89. The minimum absolute atomic E-state index is 0.0315. The van der Waals surface area contributed by atoms with Crippen LogP contribution in [0.4, 0.5) is 0 Å². The lowest BCUT2D eigenvalue weighted by Gasteiger charge is -2.35. The third-order valence-corrected chi connectivity index (χ3v) is 6.50. The Morgan fingerprint density at radius 3 is 2.80 bits per heavy atom. The van der Waals surface area contributed by atoms with Crippen molar-refractivity contribution in [2.45, 2.75) is 44.3 Å². The summed E-state index contributed by atoms with van der Waals surface area (Å²) in [5.74, 6) is -0.109. The smallest absolute Gasteiger partial charge is 0.240 e. The minimum Gasteiger partial charge on any atom is -0.411 e. The van der Waals surface area contributed by atoms with Crippen molar-refractivity contribution < 1.29 is 18.4 Å². The second-order valence-electron chi connectivity index (χ2n) is 5.58. The van der Waals surface area contributed by atoms with Crippen LogP contribution < -0.4 is 0 Å². The first-order valence-electron chi connectivity index (χ1n) is 7.20. The molecule has 6 nitrogen and oxygen atoms in total. The van der Waals surface area contributed by atoms with Gasteiger partial charge in [-0.3, -0.25) is 4.79 Å². The van der Waals surface area contributed by atoms with Crippen LogP contribution in [0.25, 0.3) is 0 Å². The zero-order valence-corrected chi connectivity index (χ0v) is 12.6. The molecule has 1 N–H and O–H groups in total. The lowest BCUT2D eigenvalue weighted by Crippen LogP contribution is -2.50. The van der Waals surface area contributed by atoms with E-state index in [9.17, 15) is 13.2 Å². The first-order chi connectivity index (χ1) is 9.49. The Bertz CT molecular complexity index is 501. The largest absolute Gasteiger partial charge is 0.411 e. The maximum atomic E-state index is 12.5. The van der Waals surface area contributed by atoms with Crippen molar-refractivity contribution in [3.8, 4) is 0 Å². The van der Waals surface area contributed by atoms with Gasteiger partial charge in [-0.15, -0.1) is 0 Å². The Morgan fingerprint density at radius 2 is 2.20 bits per heavy atom. The Hall–Kier alpha value is -1.11. The molecular weight excluding hydrogens is 280 g/mol. The number of piperidine rings is 1. The molecule has 2 aliphatic rings. The Balaban J connectivity index is 2.10. The Morgan fingerprint density at radius 1 is 1.45 bits per heavy atom. The van der Waals surface area contributed by atoms with Crippen LogP contribution in [-0.4, -0.2) is 54.2 Å². The van der Waals surface area contributed by atoms with Gasteiger partial charge in [0.15, 0.2) is 9.84 Å². The average molecular weight is 302 g/mol. The number of nitrogens with zero attached hydrogens (tertiary/aromatic N) is 2. The fourth-order valence-electron chi connectivity index (χ4n) is 3.05. The zero-order valence-electron chi connectivity index (χ0n) is 11.8. The number of carbonyl (C=O) groups excluding carboxylic acids is 1. The lowest BCUT2D eigenvalue weighted by molar-refractivity contribution is -0.131. The van der Waals surface area contributed by atoms with Gasteiger partial charge in [0.25, 0.3) is 0 Å². The average Bonchev–Trinajstić information content (AvgIpc) is 2.45. The highest BCUT2D eigenvalue weighted by Gasteiger charge is 2.39. The van der Waals surface area contributed by atoms with Crippen molar-refractivity contribution in [1.29, 1.82) is 0 Å². The molecule has 0 spiro atoms. The molecule has 2 fully saturated rings. The van der Waals surface area contributed by atoms with E-state index in [1.807, 2.05) is 6.92 Å². The summed E-state index contributed by atoms with van der Waals surface area (Å²) >= 11 is 0. The number of sulfone groups is 1. The summed E-state index contributed by atoms with van der Waals surface area (Å²) in [6.07, 6.45) is 3.19. The zero-order chi connectivity index (χ0) is 14.8. The van der Waals surface area contributed by atoms with Crippen LogP contribution in [-0.2, 0) is 14.6 Å². The minimum atomic E-state index is -3.29. The highest BCUT2D eigenvalue weighted by atomic mass is 32.2. The molecule has 114 valence electrons. The Labute approximate surface area is 119 Å². The summed E-state index contributed by atoms with van der Waals surface area (Å²) in [6.45, 7) is 2.88. The van der Waals surface area contributed by atoms with Crippen molar-refractivity contribution in [2.24, 2.45) is 11.1 Å². The van der Waals surface area contributed by atoms with E-state index in [0.29, 0.717) is 38.1 Å². The predicted octanol–water partition coefficient (Wildman–Crippen LogP) is 1.04. The molecule has 0 aromatic carbocycles. The first kappa shape index (κ1) is 15.3. The van der Waals surface area contributed by atoms with Crippen LogP contribution in [0.5, 0.6) is 0 Å². The van der Waals surface area contributed by atoms with E-state index in [1.165, 1.54) is 0 Å². The van der Waals surface area contributed by atoms with Crippen LogP contribution in [0.1, 0.15) is 39.0 Å². The summed E-state index contributed by atoms with van der Waals surface area (Å²) in [5, 5.41) is 11.4. The molecule has 0 radical (unpaired) electrons. The van der Waals surface area contributed by atoms with Gasteiger partial charge in [-0.05, 0) is 19.3 Å². The number of likely N-dealkylation sites (tertiary alicyclic amines) is 1. The van der Waals surface area contributed by atoms with E-state index in [4.69, 9.17) is 5.21 Å². The van der Waals surface area contributed by atoms with E-state index in [1.54, 1.807) is 4.90 Å². The quantitative estimate of drug-likeness (QED) is 0.610. The molecule has 2 unspecified atom stereocenters. The summed E-state index contributed by atoms with van der Waals surface area (Å²) in [6, 6.07) is 0. The van der Waals surface area contributed by atoms with E-state index < -0.39 is 15.1 Å². The highest BCUT2D eigenvalue weighted by Crippen LogP contribution is 2.24. The van der Waals surface area contributed by atoms with Gasteiger partial charge in [0.1, 0.15) is 5.25 Å². The molecule has 0 bridgehead atoms. The Kier molecular flexibility index (Phi) is 4.67. The van der Waals surface area contributed by atoms with Crippen LogP contribution >= 0.6 is 0 Å². The molecule has 20 heavy (non-hydrogen) atoms. The van der Waals surface area contributed by atoms with Gasteiger partial charge in [-0.1, -0.05) is 18.5 Å². The lowest BCUT2D eigenvalue weighted by atomic mass is 9.93. The van der Waals surface area contributed by atoms with Gasteiger partial charge in [0.05, 0.1) is 11.5 Å². The monoisotopic (exact) mass is 302 g/mol. The molecule has 2 atom stereocenters. The van der Waals surface area contributed by atoms with E-state index in [-0.39, 0.29) is 17.6 Å². The molecular formula is C13H22N2O4S. The van der Waals surface area contributed by atoms with Crippen LogP contribution in [0.2, 0.25) is 0 Å². The van der Waals surface area contributed by atoms with Crippen molar-refractivity contribution in [3.63, 3.8) is 0 Å². The van der Waals surface area contributed by atoms with Gasteiger partial charge in [-0.2, -0.15) is 0 Å². The number of hydrogen-bond donors (Lipinski definition) is 1. The van der Waals surface area contributed by atoms with Crippen LogP contribution in [0.15, 0.2) is 5.16 Å². The molecule has 0 aliphatic carbocycles. The first-order valence-corrected chi connectivity index (χ1v) is 8.92. The number of oxime groups is 1.